The lowest BCUT2D eigenvalue weighted by Crippen LogP contribution is -2.39. The van der Waals surface area contributed by atoms with Crippen LogP contribution in [-0.2, 0) is 9.59 Å². The number of fused-ring (bicyclic) bond motifs is 2. The summed E-state index contributed by atoms with van der Waals surface area (Å²) in [7, 11) is 0. The number of amides is 2. The van der Waals surface area contributed by atoms with Crippen LogP contribution in [0.5, 0.6) is 0 Å². The summed E-state index contributed by atoms with van der Waals surface area (Å²) in [5.41, 5.74) is 6.03. The van der Waals surface area contributed by atoms with Crippen LogP contribution in [0, 0.1) is 51.4 Å². The van der Waals surface area contributed by atoms with Crippen LogP contribution < -0.4 is 10.6 Å². The van der Waals surface area contributed by atoms with Gasteiger partial charge in [0.1, 0.15) is 0 Å². The smallest absolute Gasteiger partial charge is 0.228 e. The fraction of sp³-hybridized carbons (Fsp3) is 0.360. The van der Waals surface area contributed by atoms with Crippen LogP contribution in [0.4, 0.5) is 11.4 Å². The summed E-state index contributed by atoms with van der Waals surface area (Å²) in [4.78, 5) is 26.4. The molecule has 2 aromatic rings. The molecule has 4 atom stereocenters. The van der Waals surface area contributed by atoms with Gasteiger partial charge in [0.05, 0.1) is 11.8 Å². The molecule has 2 aliphatic carbocycles. The Morgan fingerprint density at radius 2 is 1.14 bits per heavy atom. The zero-order chi connectivity index (χ0) is 20.7. The molecule has 0 spiro atoms. The quantitative estimate of drug-likeness (QED) is 0.729. The second kappa shape index (κ2) is 7.51. The zero-order valence-corrected chi connectivity index (χ0v) is 17.5. The molecule has 2 aromatic carbocycles. The molecule has 1 fully saturated rings. The highest BCUT2D eigenvalue weighted by Crippen LogP contribution is 2.49. The molecule has 0 aromatic heterocycles. The highest BCUT2D eigenvalue weighted by molar-refractivity contribution is 6.01. The molecular formula is C25H28N2O2. The first-order valence-electron chi connectivity index (χ1n) is 10.3. The maximum Gasteiger partial charge on any atom is 0.228 e. The van der Waals surface area contributed by atoms with Crippen LogP contribution in [-0.4, -0.2) is 11.8 Å². The summed E-state index contributed by atoms with van der Waals surface area (Å²) in [5, 5.41) is 6.16. The molecule has 4 rings (SSSR count). The molecule has 1 saturated carbocycles. The zero-order valence-electron chi connectivity index (χ0n) is 17.5. The molecule has 0 radical (unpaired) electrons. The monoisotopic (exact) mass is 388 g/mol. The minimum atomic E-state index is -0.337. The van der Waals surface area contributed by atoms with E-state index in [4.69, 9.17) is 0 Å². The predicted octanol–water partition coefficient (Wildman–Crippen LogP) is 4.94. The molecule has 29 heavy (non-hydrogen) atoms. The Morgan fingerprint density at radius 1 is 0.724 bits per heavy atom. The van der Waals surface area contributed by atoms with Crippen LogP contribution >= 0.6 is 0 Å². The molecule has 4 nitrogen and oxygen atoms in total. The van der Waals surface area contributed by atoms with E-state index in [-0.39, 0.29) is 35.5 Å². The van der Waals surface area contributed by atoms with Gasteiger partial charge in [-0.1, -0.05) is 47.5 Å². The van der Waals surface area contributed by atoms with Gasteiger partial charge in [0.15, 0.2) is 0 Å². The third kappa shape index (κ3) is 3.71. The van der Waals surface area contributed by atoms with Crippen molar-refractivity contribution < 1.29 is 9.59 Å². The fourth-order valence-electron chi connectivity index (χ4n) is 4.88. The third-order valence-corrected chi connectivity index (χ3v) is 6.34. The topological polar surface area (TPSA) is 58.2 Å². The molecule has 2 amide bonds. The first-order chi connectivity index (χ1) is 13.8. The summed E-state index contributed by atoms with van der Waals surface area (Å²) in [6, 6.07) is 12.0. The molecule has 0 saturated heterocycles. The van der Waals surface area contributed by atoms with Crippen molar-refractivity contribution in [1.29, 1.82) is 0 Å². The van der Waals surface area contributed by atoms with Gasteiger partial charge in [0.2, 0.25) is 11.8 Å². The summed E-state index contributed by atoms with van der Waals surface area (Å²) in [6.45, 7) is 8.06. The van der Waals surface area contributed by atoms with Gasteiger partial charge in [-0.3, -0.25) is 9.59 Å². The van der Waals surface area contributed by atoms with Gasteiger partial charge in [0.25, 0.3) is 0 Å². The van der Waals surface area contributed by atoms with Crippen molar-refractivity contribution in [1.82, 2.24) is 0 Å². The number of carbonyl (C=O) groups excluding carboxylic acids is 2. The van der Waals surface area contributed by atoms with Crippen molar-refractivity contribution in [3.05, 3.63) is 70.8 Å². The van der Waals surface area contributed by atoms with E-state index in [9.17, 15) is 9.59 Å². The van der Waals surface area contributed by atoms with Crippen LogP contribution in [0.25, 0.3) is 0 Å². The number of anilines is 2. The molecular weight excluding hydrogens is 360 g/mol. The Hall–Kier alpha value is -2.88. The first kappa shape index (κ1) is 19.4. The van der Waals surface area contributed by atoms with Crippen LogP contribution in [0.1, 0.15) is 28.7 Å². The highest BCUT2D eigenvalue weighted by Gasteiger charge is 2.51. The number of nitrogens with one attached hydrogen (secondary N) is 2. The molecule has 2 bridgehead atoms. The van der Waals surface area contributed by atoms with E-state index < -0.39 is 0 Å². The third-order valence-electron chi connectivity index (χ3n) is 6.34. The number of carbonyl (C=O) groups is 2. The number of benzene rings is 2. The maximum absolute atomic E-state index is 13.2. The minimum absolute atomic E-state index is 0.0606. The van der Waals surface area contributed by atoms with Gasteiger partial charge in [0, 0.05) is 11.4 Å². The van der Waals surface area contributed by atoms with E-state index in [0.29, 0.717) is 0 Å². The predicted molar refractivity (Wildman–Crippen MR) is 117 cm³/mol. The Balaban J connectivity index is 1.55. The Morgan fingerprint density at radius 3 is 1.52 bits per heavy atom. The summed E-state index contributed by atoms with van der Waals surface area (Å²) in [5.74, 6) is -0.543. The summed E-state index contributed by atoms with van der Waals surface area (Å²) >= 11 is 0. The Labute approximate surface area is 172 Å². The number of rotatable bonds is 4. The second-order valence-electron chi connectivity index (χ2n) is 8.62. The minimum Gasteiger partial charge on any atom is -0.326 e. The van der Waals surface area contributed by atoms with Crippen molar-refractivity contribution in [2.45, 2.75) is 34.1 Å². The number of allylic oxidation sites excluding steroid dienone is 2. The number of aryl methyl sites for hydroxylation is 4. The van der Waals surface area contributed by atoms with Gasteiger partial charge in [-0.2, -0.15) is 0 Å². The lowest BCUT2D eigenvalue weighted by Gasteiger charge is -2.27. The second-order valence-corrected chi connectivity index (χ2v) is 8.62. The molecule has 150 valence electrons. The summed E-state index contributed by atoms with van der Waals surface area (Å²) < 4.78 is 0. The normalized spacial score (nSPS) is 24.6. The largest absolute Gasteiger partial charge is 0.326 e. The van der Waals surface area contributed by atoms with E-state index in [2.05, 4.69) is 34.9 Å². The Bertz CT molecular complexity index is 928. The van der Waals surface area contributed by atoms with E-state index in [0.717, 1.165) is 40.0 Å². The lowest BCUT2D eigenvalue weighted by molar-refractivity contribution is -0.129. The van der Waals surface area contributed by atoms with E-state index in [1.165, 1.54) is 0 Å². The van der Waals surface area contributed by atoms with Crippen LogP contribution in [0.15, 0.2) is 48.6 Å². The van der Waals surface area contributed by atoms with Crippen molar-refractivity contribution in [3.63, 3.8) is 0 Å². The maximum atomic E-state index is 13.2. The van der Waals surface area contributed by atoms with Crippen LogP contribution in [0.3, 0.4) is 0 Å². The number of hydrogen-bond donors (Lipinski definition) is 2. The SMILES string of the molecule is Cc1ccc(NC(=O)[C@@H]2[C@H](C(=O)Nc3ccc(C)cc3C)[C@@H]3C=C[C@@H]2C3)c(C)c1. The van der Waals surface area contributed by atoms with E-state index >= 15 is 0 Å². The molecule has 2 N–H and O–H groups in total. The molecule has 4 heteroatoms. The standard InChI is InChI=1S/C25H28N2O2/c1-14-5-9-20(16(3)11-14)26-24(28)22-18-7-8-19(13-18)23(22)25(29)27-21-10-6-15(2)12-17(21)4/h5-12,18-19,22-23H,13H2,1-4H3,(H,26,28)(H,27,29)/t18-,19-,22-,23+/m1/s1. The van der Waals surface area contributed by atoms with Gasteiger partial charge < -0.3 is 10.6 Å². The van der Waals surface area contributed by atoms with E-state index in [1.54, 1.807) is 0 Å². The van der Waals surface area contributed by atoms with Crippen molar-refractivity contribution in [2.24, 2.45) is 23.7 Å². The van der Waals surface area contributed by atoms with Crippen LogP contribution in [0.2, 0.25) is 0 Å². The highest BCUT2D eigenvalue weighted by atomic mass is 16.2. The van der Waals surface area contributed by atoms with Crippen molar-refractivity contribution >= 4 is 23.2 Å². The van der Waals surface area contributed by atoms with Crippen molar-refractivity contribution in [3.8, 4) is 0 Å². The van der Waals surface area contributed by atoms with Gasteiger partial charge in [-0.05, 0) is 69.2 Å². The molecule has 0 unspecified atom stereocenters. The fourth-order valence-corrected chi connectivity index (χ4v) is 4.88. The van der Waals surface area contributed by atoms with Crippen molar-refractivity contribution in [2.75, 3.05) is 10.6 Å². The number of hydrogen-bond acceptors (Lipinski definition) is 2. The van der Waals surface area contributed by atoms with Gasteiger partial charge in [-0.25, -0.2) is 0 Å². The summed E-state index contributed by atoms with van der Waals surface area (Å²) in [6.07, 6.45) is 5.09. The molecule has 0 aliphatic heterocycles. The average Bonchev–Trinajstić information content (AvgIpc) is 3.27. The average molecular weight is 389 g/mol. The molecule has 0 heterocycles. The van der Waals surface area contributed by atoms with Gasteiger partial charge in [-0.15, -0.1) is 0 Å². The van der Waals surface area contributed by atoms with E-state index in [1.807, 2.05) is 52.0 Å². The van der Waals surface area contributed by atoms with Gasteiger partial charge >= 0.3 is 0 Å². The first-order valence-corrected chi connectivity index (χ1v) is 10.3. The lowest BCUT2D eigenvalue weighted by atomic mass is 9.81. The Kier molecular flexibility index (Phi) is 5.03. The molecule has 2 aliphatic rings.